The highest BCUT2D eigenvalue weighted by atomic mass is 16.3. The molecule has 3 aromatic heterocycles. The summed E-state index contributed by atoms with van der Waals surface area (Å²) in [6, 6.07) is 48.0. The van der Waals surface area contributed by atoms with E-state index in [-0.39, 0.29) is 5.41 Å². The van der Waals surface area contributed by atoms with E-state index in [0.717, 1.165) is 44.0 Å². The van der Waals surface area contributed by atoms with Gasteiger partial charge in [0.2, 0.25) is 11.8 Å². The lowest BCUT2D eigenvalue weighted by molar-refractivity contribution is 0.620. The lowest BCUT2D eigenvalue weighted by atomic mass is 9.82. The number of oxazole rings is 1. The van der Waals surface area contributed by atoms with Gasteiger partial charge in [0, 0.05) is 32.9 Å². The number of hydrogen-bond donors (Lipinski definition) is 0. The van der Waals surface area contributed by atoms with Crippen LogP contribution in [0, 0.1) is 0 Å². The predicted octanol–water partition coefficient (Wildman–Crippen LogP) is 10.4. The highest BCUT2D eigenvalue weighted by Crippen LogP contribution is 2.49. The van der Waals surface area contributed by atoms with Gasteiger partial charge in [0.25, 0.3) is 0 Å². The Kier molecular flexibility index (Phi) is 5.82. The highest BCUT2D eigenvalue weighted by Gasteiger charge is 2.35. The lowest BCUT2D eigenvalue weighted by Gasteiger charge is -2.21. The Bertz CT molecular complexity index is 2700. The van der Waals surface area contributed by atoms with Crippen LogP contribution in [0.4, 0.5) is 0 Å². The van der Waals surface area contributed by atoms with Crippen LogP contribution in [0.25, 0.3) is 84.2 Å². The van der Waals surface area contributed by atoms with E-state index < -0.39 is 0 Å². The Hall–Kier alpha value is -6.40. The fraction of sp³-hybridized carbons (Fsp3) is 0.0698. The third-order valence-electron chi connectivity index (χ3n) is 9.91. The van der Waals surface area contributed by atoms with Crippen molar-refractivity contribution >= 4 is 32.9 Å². The number of para-hydroxylation sites is 2. The number of fused-ring (bicyclic) bond motifs is 7. The van der Waals surface area contributed by atoms with Crippen LogP contribution in [0.3, 0.4) is 0 Å². The summed E-state index contributed by atoms with van der Waals surface area (Å²) in [5, 5.41) is 2.30. The summed E-state index contributed by atoms with van der Waals surface area (Å²) in [6.45, 7) is 4.59. The zero-order chi connectivity index (χ0) is 32.7. The Balaban J connectivity index is 1.20. The monoisotopic (exact) mass is 631 g/mol. The second-order valence-electron chi connectivity index (χ2n) is 13.2. The van der Waals surface area contributed by atoms with Gasteiger partial charge in [0.1, 0.15) is 5.52 Å². The van der Waals surface area contributed by atoms with Crippen LogP contribution >= 0.6 is 0 Å². The van der Waals surface area contributed by atoms with Gasteiger partial charge in [0.15, 0.2) is 17.2 Å². The molecule has 0 saturated heterocycles. The van der Waals surface area contributed by atoms with Gasteiger partial charge in [-0.3, -0.25) is 4.57 Å². The average molecular weight is 632 g/mol. The first kappa shape index (κ1) is 27.7. The Morgan fingerprint density at radius 1 is 0.510 bits per heavy atom. The van der Waals surface area contributed by atoms with Crippen molar-refractivity contribution in [3.05, 3.63) is 151 Å². The molecule has 0 N–H and O–H groups in total. The fourth-order valence-electron chi connectivity index (χ4n) is 7.49. The number of rotatable bonds is 4. The molecule has 0 radical (unpaired) electrons. The van der Waals surface area contributed by atoms with E-state index in [1.807, 2.05) is 48.5 Å². The first-order valence-electron chi connectivity index (χ1n) is 16.5. The van der Waals surface area contributed by atoms with E-state index in [4.69, 9.17) is 24.4 Å². The minimum absolute atomic E-state index is 0.0893. The molecule has 6 aromatic carbocycles. The van der Waals surface area contributed by atoms with Gasteiger partial charge in [0.05, 0.1) is 11.0 Å². The molecule has 0 saturated carbocycles. The maximum absolute atomic E-state index is 6.26. The van der Waals surface area contributed by atoms with Crippen LogP contribution in [-0.4, -0.2) is 24.5 Å². The lowest BCUT2D eigenvalue weighted by Crippen LogP contribution is -2.14. The van der Waals surface area contributed by atoms with E-state index in [9.17, 15) is 0 Å². The predicted molar refractivity (Wildman–Crippen MR) is 196 cm³/mol. The molecule has 0 amide bonds. The zero-order valence-electron chi connectivity index (χ0n) is 26.9. The summed E-state index contributed by atoms with van der Waals surface area (Å²) in [6.07, 6.45) is 0. The molecule has 3 heterocycles. The molecule has 6 heteroatoms. The molecule has 0 bridgehead atoms. The van der Waals surface area contributed by atoms with Crippen LogP contribution in [0.1, 0.15) is 25.0 Å². The second-order valence-corrected chi connectivity index (χ2v) is 13.2. The van der Waals surface area contributed by atoms with Crippen LogP contribution in [-0.2, 0) is 5.41 Å². The Labute approximate surface area is 282 Å². The summed E-state index contributed by atoms with van der Waals surface area (Å²) in [7, 11) is 0. The van der Waals surface area contributed by atoms with Crippen LogP contribution < -0.4 is 0 Å². The van der Waals surface area contributed by atoms with Crippen molar-refractivity contribution in [2.24, 2.45) is 0 Å². The van der Waals surface area contributed by atoms with Crippen molar-refractivity contribution in [1.29, 1.82) is 0 Å². The van der Waals surface area contributed by atoms with Crippen molar-refractivity contribution in [1.82, 2.24) is 24.5 Å². The molecule has 0 aliphatic heterocycles. The van der Waals surface area contributed by atoms with E-state index >= 15 is 0 Å². The van der Waals surface area contributed by atoms with Crippen molar-refractivity contribution in [3.63, 3.8) is 0 Å². The fourth-order valence-corrected chi connectivity index (χ4v) is 7.49. The standard InChI is InChI=1S/C43H29N5O/c1-43(2)33-17-9-6-14-29(33)32-24-27(20-22-34(32)43)39-45-40(28-21-23-35-38(25-28)49-41(44-35)26-12-4-3-5-13-26)47-42(46-39)48-36-18-10-7-15-30(36)31-16-8-11-19-37(31)48/h3-25H,1-2H3. The topological polar surface area (TPSA) is 69.6 Å². The van der Waals surface area contributed by atoms with Gasteiger partial charge in [-0.1, -0.05) is 105 Å². The number of nitrogens with zero attached hydrogens (tertiary/aromatic N) is 5. The molecule has 9 aromatic rings. The highest BCUT2D eigenvalue weighted by molar-refractivity contribution is 6.09. The smallest absolute Gasteiger partial charge is 0.238 e. The summed E-state index contributed by atoms with van der Waals surface area (Å²) in [5.41, 5.74) is 11.2. The van der Waals surface area contributed by atoms with Crippen molar-refractivity contribution in [2.45, 2.75) is 19.3 Å². The summed E-state index contributed by atoms with van der Waals surface area (Å²) in [5.74, 6) is 2.30. The molecule has 1 aliphatic rings. The summed E-state index contributed by atoms with van der Waals surface area (Å²) >= 11 is 0. The van der Waals surface area contributed by atoms with Gasteiger partial charge in [-0.25, -0.2) is 9.97 Å². The number of aromatic nitrogens is 5. The van der Waals surface area contributed by atoms with E-state index in [1.165, 1.54) is 22.3 Å². The minimum Gasteiger partial charge on any atom is -0.436 e. The minimum atomic E-state index is -0.0893. The molecular weight excluding hydrogens is 603 g/mol. The second kappa shape index (κ2) is 10.3. The van der Waals surface area contributed by atoms with Gasteiger partial charge >= 0.3 is 0 Å². The van der Waals surface area contributed by atoms with Crippen LogP contribution in [0.2, 0.25) is 0 Å². The number of benzene rings is 6. The normalized spacial score (nSPS) is 13.3. The third-order valence-corrected chi connectivity index (χ3v) is 9.91. The first-order chi connectivity index (χ1) is 24.0. The molecule has 0 atom stereocenters. The first-order valence-corrected chi connectivity index (χ1v) is 16.5. The van der Waals surface area contributed by atoms with Crippen molar-refractivity contribution in [2.75, 3.05) is 0 Å². The van der Waals surface area contributed by atoms with E-state index in [2.05, 4.69) is 109 Å². The van der Waals surface area contributed by atoms with E-state index in [1.54, 1.807) is 0 Å². The molecule has 49 heavy (non-hydrogen) atoms. The maximum Gasteiger partial charge on any atom is 0.238 e. The zero-order valence-corrected chi connectivity index (χ0v) is 26.9. The van der Waals surface area contributed by atoms with Gasteiger partial charge in [-0.15, -0.1) is 0 Å². The maximum atomic E-state index is 6.26. The summed E-state index contributed by atoms with van der Waals surface area (Å²) in [4.78, 5) is 20.2. The average Bonchev–Trinajstić information content (AvgIpc) is 3.80. The quantitative estimate of drug-likeness (QED) is 0.193. The van der Waals surface area contributed by atoms with Crippen molar-refractivity contribution in [3.8, 4) is 51.3 Å². The van der Waals surface area contributed by atoms with Gasteiger partial charge in [-0.05, 0) is 70.8 Å². The molecule has 0 fully saturated rings. The van der Waals surface area contributed by atoms with Crippen LogP contribution in [0.15, 0.2) is 144 Å². The molecule has 0 unspecified atom stereocenters. The molecule has 10 rings (SSSR count). The SMILES string of the molecule is CC1(C)c2ccccc2-c2cc(-c3nc(-c4ccc5nc(-c6ccccc6)oc5c4)nc(-n4c5ccccc5c5ccccc54)n3)ccc21. The molecule has 0 spiro atoms. The van der Waals surface area contributed by atoms with E-state index in [0.29, 0.717) is 29.1 Å². The van der Waals surface area contributed by atoms with Gasteiger partial charge < -0.3 is 4.42 Å². The third kappa shape index (κ3) is 4.20. The molecular formula is C43H29N5O. The van der Waals surface area contributed by atoms with Crippen LogP contribution in [0.5, 0.6) is 0 Å². The largest absolute Gasteiger partial charge is 0.436 e. The number of hydrogen-bond acceptors (Lipinski definition) is 5. The molecule has 1 aliphatic carbocycles. The van der Waals surface area contributed by atoms with Gasteiger partial charge in [-0.2, -0.15) is 9.97 Å². The van der Waals surface area contributed by atoms with Crippen molar-refractivity contribution < 1.29 is 4.42 Å². The Morgan fingerprint density at radius 3 is 1.88 bits per heavy atom. The summed E-state index contributed by atoms with van der Waals surface area (Å²) < 4.78 is 8.41. The Morgan fingerprint density at radius 2 is 1.12 bits per heavy atom. The molecule has 232 valence electrons. The molecule has 6 nitrogen and oxygen atoms in total.